The maximum atomic E-state index is 13.6. The van der Waals surface area contributed by atoms with Gasteiger partial charge in [-0.25, -0.2) is 0 Å². The van der Waals surface area contributed by atoms with Gasteiger partial charge in [-0.1, -0.05) is 30.0 Å². The van der Waals surface area contributed by atoms with E-state index in [1.165, 1.54) is 17.3 Å². The lowest BCUT2D eigenvalue weighted by molar-refractivity contribution is -0.118. The van der Waals surface area contributed by atoms with Gasteiger partial charge in [0, 0.05) is 35.4 Å². The number of para-hydroxylation sites is 1. The molecule has 2 aromatic carbocycles. The van der Waals surface area contributed by atoms with Crippen molar-refractivity contribution in [2.24, 2.45) is 0 Å². The molecule has 7 nitrogen and oxygen atoms in total. The Balaban J connectivity index is 1.48. The number of rotatable bonds is 7. The van der Waals surface area contributed by atoms with Crippen molar-refractivity contribution in [3.8, 4) is 22.8 Å². The zero-order valence-corrected chi connectivity index (χ0v) is 20.8. The maximum Gasteiger partial charge on any atom is 0.240 e. The van der Waals surface area contributed by atoms with Gasteiger partial charge in [0.25, 0.3) is 0 Å². The molecule has 0 spiro atoms. The van der Waals surface area contributed by atoms with Gasteiger partial charge in [-0.05, 0) is 75.2 Å². The SMILES string of the molecule is CCOc1ccc(-n2c(SC(C)C(=O)N3c4ccccc4CC3C)nnc2-c2cccnc2)cc1. The Morgan fingerprint density at radius 2 is 1.91 bits per heavy atom. The molecule has 0 N–H and O–H groups in total. The first-order valence-electron chi connectivity index (χ1n) is 11.7. The van der Waals surface area contributed by atoms with E-state index in [0.29, 0.717) is 17.6 Å². The Kier molecular flexibility index (Phi) is 6.55. The largest absolute Gasteiger partial charge is 0.494 e. The van der Waals surface area contributed by atoms with Crippen LogP contribution in [0.15, 0.2) is 78.2 Å². The minimum Gasteiger partial charge on any atom is -0.494 e. The van der Waals surface area contributed by atoms with E-state index in [-0.39, 0.29) is 17.2 Å². The minimum atomic E-state index is -0.351. The van der Waals surface area contributed by atoms with E-state index in [2.05, 4.69) is 28.2 Å². The molecule has 0 bridgehead atoms. The molecule has 0 fully saturated rings. The van der Waals surface area contributed by atoms with E-state index in [0.717, 1.165) is 29.1 Å². The molecule has 1 aliphatic heterocycles. The van der Waals surface area contributed by atoms with Crippen molar-refractivity contribution in [2.45, 2.75) is 43.6 Å². The molecule has 0 saturated carbocycles. The third kappa shape index (κ3) is 4.53. The van der Waals surface area contributed by atoms with Gasteiger partial charge in [0.15, 0.2) is 11.0 Å². The van der Waals surface area contributed by atoms with Crippen LogP contribution in [-0.4, -0.2) is 43.6 Å². The van der Waals surface area contributed by atoms with Crippen LogP contribution in [0.3, 0.4) is 0 Å². The molecule has 0 saturated heterocycles. The normalized spacial score (nSPS) is 15.6. The number of aromatic nitrogens is 4. The Bertz CT molecular complexity index is 1320. The van der Waals surface area contributed by atoms with Gasteiger partial charge in [0.05, 0.1) is 11.9 Å². The fourth-order valence-corrected chi connectivity index (χ4v) is 5.34. The van der Waals surface area contributed by atoms with Gasteiger partial charge >= 0.3 is 0 Å². The van der Waals surface area contributed by atoms with Crippen LogP contribution in [0.1, 0.15) is 26.3 Å². The van der Waals surface area contributed by atoms with E-state index in [9.17, 15) is 4.79 Å². The topological polar surface area (TPSA) is 73.1 Å². The van der Waals surface area contributed by atoms with Crippen molar-refractivity contribution >= 4 is 23.4 Å². The van der Waals surface area contributed by atoms with E-state index in [1.54, 1.807) is 12.4 Å². The van der Waals surface area contributed by atoms with Crippen molar-refractivity contribution in [3.63, 3.8) is 0 Å². The van der Waals surface area contributed by atoms with E-state index >= 15 is 0 Å². The number of pyridine rings is 1. The number of anilines is 1. The monoisotopic (exact) mass is 485 g/mol. The van der Waals surface area contributed by atoms with Gasteiger partial charge in [0.1, 0.15) is 5.75 Å². The number of thioether (sulfide) groups is 1. The summed E-state index contributed by atoms with van der Waals surface area (Å²) in [5.74, 6) is 1.53. The summed E-state index contributed by atoms with van der Waals surface area (Å²) in [5, 5.41) is 9.26. The molecule has 0 radical (unpaired) electrons. The van der Waals surface area contributed by atoms with E-state index in [1.807, 2.05) is 77.9 Å². The molecule has 0 aliphatic carbocycles. The van der Waals surface area contributed by atoms with Crippen molar-refractivity contribution in [3.05, 3.63) is 78.6 Å². The van der Waals surface area contributed by atoms with Crippen LogP contribution < -0.4 is 9.64 Å². The summed E-state index contributed by atoms with van der Waals surface area (Å²) in [6.07, 6.45) is 4.36. The fraction of sp³-hybridized carbons (Fsp3) is 0.259. The summed E-state index contributed by atoms with van der Waals surface area (Å²) in [4.78, 5) is 19.8. The molecule has 1 amide bonds. The minimum absolute atomic E-state index is 0.0663. The van der Waals surface area contributed by atoms with Gasteiger partial charge in [-0.15, -0.1) is 10.2 Å². The van der Waals surface area contributed by atoms with Crippen LogP contribution in [0, 0.1) is 0 Å². The van der Waals surface area contributed by atoms with Crippen LogP contribution in [0.4, 0.5) is 5.69 Å². The third-order valence-corrected chi connectivity index (χ3v) is 7.06. The van der Waals surface area contributed by atoms with Crippen LogP contribution >= 0.6 is 11.8 Å². The number of ether oxygens (including phenoxy) is 1. The Morgan fingerprint density at radius 3 is 2.66 bits per heavy atom. The van der Waals surface area contributed by atoms with Gasteiger partial charge in [0.2, 0.25) is 5.91 Å². The second-order valence-corrected chi connectivity index (χ2v) is 9.77. The molecule has 35 heavy (non-hydrogen) atoms. The zero-order valence-electron chi connectivity index (χ0n) is 20.0. The second-order valence-electron chi connectivity index (χ2n) is 8.46. The molecule has 178 valence electrons. The number of carbonyl (C=O) groups excluding carboxylic acids is 1. The third-order valence-electron chi connectivity index (χ3n) is 6.03. The maximum absolute atomic E-state index is 13.6. The number of nitrogens with zero attached hydrogens (tertiary/aromatic N) is 5. The smallest absolute Gasteiger partial charge is 0.240 e. The highest BCUT2D eigenvalue weighted by Gasteiger charge is 2.34. The first-order chi connectivity index (χ1) is 17.1. The Hall–Kier alpha value is -3.65. The van der Waals surface area contributed by atoms with Crippen molar-refractivity contribution < 1.29 is 9.53 Å². The first-order valence-corrected chi connectivity index (χ1v) is 12.6. The number of amides is 1. The lowest BCUT2D eigenvalue weighted by atomic mass is 10.1. The summed E-state index contributed by atoms with van der Waals surface area (Å²) < 4.78 is 7.58. The summed E-state index contributed by atoms with van der Waals surface area (Å²) >= 11 is 1.41. The van der Waals surface area contributed by atoms with Crippen molar-refractivity contribution in [1.82, 2.24) is 19.7 Å². The molecule has 2 aromatic heterocycles. The Labute approximate surface area is 209 Å². The average Bonchev–Trinajstić information content (AvgIpc) is 3.45. The number of hydrogen-bond acceptors (Lipinski definition) is 6. The molecule has 2 atom stereocenters. The average molecular weight is 486 g/mol. The van der Waals surface area contributed by atoms with Crippen molar-refractivity contribution in [1.29, 1.82) is 0 Å². The summed E-state index contributed by atoms with van der Waals surface area (Å²) in [5.41, 5.74) is 3.95. The molecular formula is C27H27N5O2S. The van der Waals surface area contributed by atoms with Crippen molar-refractivity contribution in [2.75, 3.05) is 11.5 Å². The predicted octanol–water partition coefficient (Wildman–Crippen LogP) is 5.19. The van der Waals surface area contributed by atoms with E-state index < -0.39 is 0 Å². The summed E-state index contributed by atoms with van der Waals surface area (Å²) in [7, 11) is 0. The first kappa shape index (κ1) is 23.1. The quantitative estimate of drug-likeness (QED) is 0.336. The fourth-order valence-electron chi connectivity index (χ4n) is 4.42. The molecule has 4 aromatic rings. The van der Waals surface area contributed by atoms with Gasteiger partial charge < -0.3 is 9.64 Å². The second kappa shape index (κ2) is 9.92. The number of hydrogen-bond donors (Lipinski definition) is 0. The highest BCUT2D eigenvalue weighted by Crippen LogP contribution is 2.36. The molecule has 3 heterocycles. The standard InChI is InChI=1S/C27H27N5O2S/c1-4-34-23-13-11-22(12-14-23)32-25(21-9-7-15-28-17-21)29-30-27(32)35-19(3)26(33)31-18(2)16-20-8-5-6-10-24(20)31/h5-15,17-19H,4,16H2,1-3H3. The molecule has 1 aliphatic rings. The molecule has 8 heteroatoms. The summed E-state index contributed by atoms with van der Waals surface area (Å²) in [6, 6.07) is 19.9. The lowest BCUT2D eigenvalue weighted by Crippen LogP contribution is -2.40. The van der Waals surface area contributed by atoms with Gasteiger partial charge in [-0.2, -0.15) is 0 Å². The van der Waals surface area contributed by atoms with Crippen LogP contribution in [0.5, 0.6) is 5.75 Å². The zero-order chi connectivity index (χ0) is 24.4. The highest BCUT2D eigenvalue weighted by molar-refractivity contribution is 8.00. The lowest BCUT2D eigenvalue weighted by Gasteiger charge is -2.25. The number of fused-ring (bicyclic) bond motifs is 1. The Morgan fingerprint density at radius 1 is 1.11 bits per heavy atom. The van der Waals surface area contributed by atoms with Crippen LogP contribution in [-0.2, 0) is 11.2 Å². The number of carbonyl (C=O) groups is 1. The van der Waals surface area contributed by atoms with Gasteiger partial charge in [-0.3, -0.25) is 14.3 Å². The molecule has 5 rings (SSSR count). The predicted molar refractivity (Wildman–Crippen MR) is 138 cm³/mol. The summed E-state index contributed by atoms with van der Waals surface area (Å²) in [6.45, 7) is 6.59. The van der Waals surface area contributed by atoms with Crippen LogP contribution in [0.2, 0.25) is 0 Å². The molecular weight excluding hydrogens is 458 g/mol. The number of benzene rings is 2. The van der Waals surface area contributed by atoms with E-state index in [4.69, 9.17) is 4.74 Å². The molecule has 2 unspecified atom stereocenters. The highest BCUT2D eigenvalue weighted by atomic mass is 32.2. The van der Waals surface area contributed by atoms with Crippen LogP contribution in [0.25, 0.3) is 17.1 Å².